The number of benzene rings is 7. The Bertz CT molecular complexity index is 2830. The number of hydrogen-bond acceptors (Lipinski definition) is 4. The van der Waals surface area contributed by atoms with Crippen LogP contribution in [0.25, 0.3) is 92.6 Å². The first kappa shape index (κ1) is 27.9. The van der Waals surface area contributed by atoms with E-state index in [2.05, 4.69) is 127 Å². The summed E-state index contributed by atoms with van der Waals surface area (Å²) in [7, 11) is 0. The van der Waals surface area contributed by atoms with Crippen molar-refractivity contribution in [3.05, 3.63) is 157 Å². The lowest BCUT2D eigenvalue weighted by molar-refractivity contribution is 0.955. The Morgan fingerprint density at radius 2 is 1.08 bits per heavy atom. The second kappa shape index (κ2) is 10.9. The molecule has 0 atom stereocenters. The summed E-state index contributed by atoms with van der Waals surface area (Å²) in [6, 6.07) is 53.6. The molecule has 0 spiro atoms. The van der Waals surface area contributed by atoms with Gasteiger partial charge in [0, 0.05) is 58.6 Å². The summed E-state index contributed by atoms with van der Waals surface area (Å²) >= 11 is 1.85. The number of hydrogen-bond donors (Lipinski definition) is 0. The molecule has 230 valence electrons. The molecule has 3 aromatic heterocycles. The van der Waals surface area contributed by atoms with Gasteiger partial charge in [-0.15, -0.1) is 11.3 Å². The average Bonchev–Trinajstić information content (AvgIpc) is 3.72. The molecule has 0 radical (unpaired) electrons. The van der Waals surface area contributed by atoms with E-state index in [0.29, 0.717) is 17.6 Å². The fourth-order valence-corrected chi connectivity index (χ4v) is 8.49. The number of aromatic nitrogens is 4. The van der Waals surface area contributed by atoms with E-state index in [4.69, 9.17) is 15.0 Å². The molecular weight excluding hydrogens is 617 g/mol. The molecule has 0 fully saturated rings. The number of para-hydroxylation sites is 1. The van der Waals surface area contributed by atoms with E-state index in [0.717, 1.165) is 33.1 Å². The third-order valence-electron chi connectivity index (χ3n) is 9.50. The van der Waals surface area contributed by atoms with Gasteiger partial charge in [-0.1, -0.05) is 145 Å². The van der Waals surface area contributed by atoms with Gasteiger partial charge in [-0.05, 0) is 24.4 Å². The van der Waals surface area contributed by atoms with Crippen molar-refractivity contribution in [2.24, 2.45) is 0 Å². The van der Waals surface area contributed by atoms with Crippen molar-refractivity contribution in [2.45, 2.75) is 6.92 Å². The van der Waals surface area contributed by atoms with Crippen LogP contribution in [0.5, 0.6) is 0 Å². The summed E-state index contributed by atoms with van der Waals surface area (Å²) in [5.41, 5.74) is 7.62. The number of thiophene rings is 1. The van der Waals surface area contributed by atoms with Crippen molar-refractivity contribution in [3.63, 3.8) is 0 Å². The first-order chi connectivity index (χ1) is 24.2. The second-order valence-electron chi connectivity index (χ2n) is 12.5. The molecular formula is C44H28N4S. The highest BCUT2D eigenvalue weighted by molar-refractivity contribution is 7.26. The lowest BCUT2D eigenvalue weighted by Gasteiger charge is -2.14. The molecule has 0 amide bonds. The molecule has 0 aliphatic rings. The van der Waals surface area contributed by atoms with Crippen molar-refractivity contribution in [2.75, 3.05) is 0 Å². The molecule has 5 heteroatoms. The van der Waals surface area contributed by atoms with Crippen LogP contribution in [-0.4, -0.2) is 19.5 Å². The molecule has 0 saturated heterocycles. The van der Waals surface area contributed by atoms with Crippen LogP contribution in [0.4, 0.5) is 0 Å². The van der Waals surface area contributed by atoms with Crippen LogP contribution in [0, 0.1) is 6.92 Å². The van der Waals surface area contributed by atoms with E-state index in [1.807, 2.05) is 47.7 Å². The Morgan fingerprint density at radius 1 is 0.469 bits per heavy atom. The lowest BCUT2D eigenvalue weighted by Crippen LogP contribution is -2.07. The third-order valence-corrected chi connectivity index (χ3v) is 10.7. The van der Waals surface area contributed by atoms with Crippen molar-refractivity contribution in [1.82, 2.24) is 19.5 Å². The zero-order valence-electron chi connectivity index (χ0n) is 26.6. The minimum atomic E-state index is 0.595. The smallest absolute Gasteiger partial charge is 0.238 e. The Morgan fingerprint density at radius 3 is 1.84 bits per heavy atom. The van der Waals surface area contributed by atoms with Crippen LogP contribution in [0.2, 0.25) is 0 Å². The third kappa shape index (κ3) is 4.40. The molecule has 0 saturated carbocycles. The van der Waals surface area contributed by atoms with Crippen LogP contribution >= 0.6 is 11.3 Å². The van der Waals surface area contributed by atoms with Crippen LogP contribution in [0.1, 0.15) is 5.56 Å². The molecule has 49 heavy (non-hydrogen) atoms. The standard InChI is InChI=1S/C44H28N4S/c1-27-22-23-28-24-25-34-32-17-10-18-33(36-20-11-19-35-31-16-8-9-21-38(31)49-41(35)36)39(32)48(40(34)37(28)26-27)44-46-42(29-12-4-2-5-13-29)45-43(47-44)30-14-6-3-7-15-30/h2-26H,1H3. The molecule has 4 nitrogen and oxygen atoms in total. The van der Waals surface area contributed by atoms with Crippen LogP contribution in [-0.2, 0) is 0 Å². The fraction of sp³-hybridized carbons (Fsp3) is 0.0227. The number of aryl methyl sites for hydroxylation is 1. The van der Waals surface area contributed by atoms with Gasteiger partial charge in [0.2, 0.25) is 5.95 Å². The van der Waals surface area contributed by atoms with Crippen LogP contribution < -0.4 is 0 Å². The van der Waals surface area contributed by atoms with Gasteiger partial charge in [0.15, 0.2) is 11.6 Å². The molecule has 10 rings (SSSR count). The minimum absolute atomic E-state index is 0.595. The Balaban J connectivity index is 1.39. The van der Waals surface area contributed by atoms with E-state index >= 15 is 0 Å². The van der Waals surface area contributed by atoms with E-state index in [1.165, 1.54) is 47.5 Å². The van der Waals surface area contributed by atoms with Crippen molar-refractivity contribution < 1.29 is 0 Å². The summed E-state index contributed by atoms with van der Waals surface area (Å²) in [5.74, 6) is 1.87. The minimum Gasteiger partial charge on any atom is -0.277 e. The summed E-state index contributed by atoms with van der Waals surface area (Å²) in [5, 5.41) is 7.24. The molecule has 10 aromatic rings. The number of rotatable bonds is 4. The first-order valence-electron chi connectivity index (χ1n) is 16.5. The molecule has 0 unspecified atom stereocenters. The molecule has 0 aliphatic heterocycles. The highest BCUT2D eigenvalue weighted by Gasteiger charge is 2.23. The van der Waals surface area contributed by atoms with E-state index in [1.54, 1.807) is 0 Å². The number of fused-ring (bicyclic) bond motifs is 8. The summed E-state index contributed by atoms with van der Waals surface area (Å²) in [6.07, 6.45) is 0. The Kier molecular flexibility index (Phi) is 6.23. The lowest BCUT2D eigenvalue weighted by atomic mass is 9.99. The van der Waals surface area contributed by atoms with Crippen molar-refractivity contribution >= 4 is 64.1 Å². The molecule has 3 heterocycles. The fourth-order valence-electron chi connectivity index (χ4n) is 7.26. The van der Waals surface area contributed by atoms with E-state index < -0.39 is 0 Å². The number of nitrogens with zero attached hydrogens (tertiary/aromatic N) is 4. The summed E-state index contributed by atoms with van der Waals surface area (Å²) in [6.45, 7) is 2.16. The second-order valence-corrected chi connectivity index (χ2v) is 13.6. The summed E-state index contributed by atoms with van der Waals surface area (Å²) in [4.78, 5) is 15.6. The van der Waals surface area contributed by atoms with Crippen LogP contribution in [0.15, 0.2) is 152 Å². The van der Waals surface area contributed by atoms with Gasteiger partial charge >= 0.3 is 0 Å². The maximum Gasteiger partial charge on any atom is 0.238 e. The summed E-state index contributed by atoms with van der Waals surface area (Å²) < 4.78 is 4.87. The SMILES string of the molecule is Cc1ccc2ccc3c4cccc(-c5cccc6c5sc5ccccc56)c4n(-c4nc(-c5ccccc5)nc(-c5ccccc5)n4)c3c2c1. The monoisotopic (exact) mass is 644 g/mol. The molecule has 7 aromatic carbocycles. The Labute approximate surface area is 286 Å². The van der Waals surface area contributed by atoms with Gasteiger partial charge in [0.1, 0.15) is 0 Å². The van der Waals surface area contributed by atoms with Gasteiger partial charge in [-0.3, -0.25) is 4.57 Å². The van der Waals surface area contributed by atoms with Gasteiger partial charge in [-0.25, -0.2) is 4.98 Å². The van der Waals surface area contributed by atoms with Gasteiger partial charge < -0.3 is 0 Å². The van der Waals surface area contributed by atoms with Crippen molar-refractivity contribution in [1.29, 1.82) is 0 Å². The maximum absolute atomic E-state index is 5.28. The van der Waals surface area contributed by atoms with E-state index in [-0.39, 0.29) is 0 Å². The zero-order chi connectivity index (χ0) is 32.5. The van der Waals surface area contributed by atoms with Gasteiger partial charge in [0.05, 0.1) is 11.0 Å². The Hall–Kier alpha value is -6.17. The predicted molar refractivity (Wildman–Crippen MR) is 206 cm³/mol. The highest BCUT2D eigenvalue weighted by Crippen LogP contribution is 2.45. The van der Waals surface area contributed by atoms with Crippen LogP contribution in [0.3, 0.4) is 0 Å². The van der Waals surface area contributed by atoms with Gasteiger partial charge in [0.25, 0.3) is 0 Å². The van der Waals surface area contributed by atoms with E-state index in [9.17, 15) is 0 Å². The predicted octanol–water partition coefficient (Wildman–Crippen LogP) is 11.8. The largest absolute Gasteiger partial charge is 0.277 e. The maximum atomic E-state index is 5.28. The van der Waals surface area contributed by atoms with Crippen molar-refractivity contribution in [3.8, 4) is 39.9 Å². The quantitative estimate of drug-likeness (QED) is 0.191. The average molecular weight is 645 g/mol. The molecule has 0 bridgehead atoms. The first-order valence-corrected chi connectivity index (χ1v) is 17.3. The highest BCUT2D eigenvalue weighted by atomic mass is 32.1. The van der Waals surface area contributed by atoms with Gasteiger partial charge in [-0.2, -0.15) is 9.97 Å². The topological polar surface area (TPSA) is 43.6 Å². The molecule has 0 N–H and O–H groups in total. The normalized spacial score (nSPS) is 11.8. The zero-order valence-corrected chi connectivity index (χ0v) is 27.4. The molecule has 0 aliphatic carbocycles.